The molecule has 0 spiro atoms. The lowest BCUT2D eigenvalue weighted by molar-refractivity contribution is -0.117. The molecule has 2 heterocycles. The van der Waals surface area contributed by atoms with Gasteiger partial charge in [-0.25, -0.2) is 13.6 Å². The number of likely N-dealkylation sites (tertiary alicyclic amines) is 1. The minimum absolute atomic E-state index is 0.00271. The molecule has 8 nitrogen and oxygen atoms in total. The van der Waals surface area contributed by atoms with Crippen LogP contribution in [0.1, 0.15) is 35.4 Å². The first-order valence-electron chi connectivity index (χ1n) is 11.0. The lowest BCUT2D eigenvalue weighted by Gasteiger charge is -2.31. The maximum atomic E-state index is 12.7. The van der Waals surface area contributed by atoms with Crippen LogP contribution in [0.15, 0.2) is 41.4 Å². The molecule has 2 aromatic carbocycles. The van der Waals surface area contributed by atoms with E-state index in [9.17, 15) is 13.2 Å². The van der Waals surface area contributed by atoms with Crippen molar-refractivity contribution in [2.24, 2.45) is 5.14 Å². The number of primary sulfonamides is 1. The number of anilines is 1. The largest absolute Gasteiger partial charge is 0.497 e. The third kappa shape index (κ3) is 5.05. The quantitative estimate of drug-likeness (QED) is 0.511. The minimum atomic E-state index is -3.85. The fourth-order valence-corrected chi connectivity index (χ4v) is 5.12. The highest BCUT2D eigenvalue weighted by Crippen LogP contribution is 2.34. The Hall–Kier alpha value is -2.88. The maximum absolute atomic E-state index is 12.7. The number of amides is 1. The normalized spacial score (nSPS) is 15.6. The van der Waals surface area contributed by atoms with Gasteiger partial charge in [-0.2, -0.15) is 0 Å². The van der Waals surface area contributed by atoms with Crippen molar-refractivity contribution in [3.05, 3.63) is 53.2 Å². The summed E-state index contributed by atoms with van der Waals surface area (Å²) in [6.45, 7) is 5.52. The number of piperidine rings is 1. The van der Waals surface area contributed by atoms with Crippen LogP contribution >= 0.6 is 0 Å². The Labute approximate surface area is 194 Å². The van der Waals surface area contributed by atoms with Gasteiger partial charge in [0.1, 0.15) is 5.75 Å². The molecule has 0 atom stereocenters. The standard InChI is InChI=1S/C24H30N4O4S/c1-15-10-19(33(25,30)31)12-23(16(15)2)27-24(29)14-28-8-6-17(7-9-28)21-13-26-22-5-4-18(32-3)11-20(21)22/h4-5,10-13,17,26H,6-9,14H2,1-3H3,(H,27,29)(H2,25,30,31). The zero-order valence-electron chi connectivity index (χ0n) is 19.1. The molecule has 0 bridgehead atoms. The van der Waals surface area contributed by atoms with Crippen molar-refractivity contribution in [1.29, 1.82) is 0 Å². The number of hydrogen-bond donors (Lipinski definition) is 3. The van der Waals surface area contributed by atoms with Crippen LogP contribution in [-0.2, 0) is 14.8 Å². The molecule has 1 fully saturated rings. The molecule has 1 aliphatic heterocycles. The van der Waals surface area contributed by atoms with Gasteiger partial charge < -0.3 is 15.0 Å². The van der Waals surface area contributed by atoms with Gasteiger partial charge in [-0.1, -0.05) is 0 Å². The molecule has 0 aliphatic carbocycles. The number of rotatable bonds is 6. The van der Waals surface area contributed by atoms with Gasteiger partial charge in [0.15, 0.2) is 0 Å². The van der Waals surface area contributed by atoms with Crippen molar-refractivity contribution >= 4 is 32.5 Å². The SMILES string of the molecule is COc1ccc2[nH]cc(C3CCN(CC(=O)Nc4cc(S(N)(=O)=O)cc(C)c4C)CC3)c2c1. The molecule has 3 aromatic rings. The fraction of sp³-hybridized carbons (Fsp3) is 0.375. The van der Waals surface area contributed by atoms with Crippen molar-refractivity contribution in [3.63, 3.8) is 0 Å². The summed E-state index contributed by atoms with van der Waals surface area (Å²) in [7, 11) is -2.18. The van der Waals surface area contributed by atoms with Crippen molar-refractivity contribution in [3.8, 4) is 5.75 Å². The molecule has 1 saturated heterocycles. The Kier molecular flexibility index (Phi) is 6.47. The molecule has 33 heavy (non-hydrogen) atoms. The van der Waals surface area contributed by atoms with E-state index in [0.717, 1.165) is 48.3 Å². The second-order valence-corrected chi connectivity index (χ2v) is 10.3. The van der Waals surface area contributed by atoms with Crippen molar-refractivity contribution in [1.82, 2.24) is 9.88 Å². The molecular formula is C24H30N4O4S. The van der Waals surface area contributed by atoms with E-state index in [1.54, 1.807) is 14.0 Å². The summed E-state index contributed by atoms with van der Waals surface area (Å²) in [5, 5.41) is 9.32. The van der Waals surface area contributed by atoms with Gasteiger partial charge in [0.25, 0.3) is 0 Å². The molecule has 1 aromatic heterocycles. The van der Waals surface area contributed by atoms with E-state index in [1.807, 2.05) is 19.1 Å². The Morgan fingerprint density at radius 1 is 1.21 bits per heavy atom. The number of carbonyl (C=O) groups is 1. The zero-order valence-corrected chi connectivity index (χ0v) is 20.0. The summed E-state index contributed by atoms with van der Waals surface area (Å²) in [6, 6.07) is 9.00. The summed E-state index contributed by atoms with van der Waals surface area (Å²) >= 11 is 0. The first-order chi connectivity index (χ1) is 15.7. The second kappa shape index (κ2) is 9.17. The molecule has 1 amide bonds. The topological polar surface area (TPSA) is 118 Å². The van der Waals surface area contributed by atoms with E-state index in [4.69, 9.17) is 9.88 Å². The number of nitrogens with zero attached hydrogens (tertiary/aromatic N) is 1. The number of nitrogens with two attached hydrogens (primary N) is 1. The second-order valence-electron chi connectivity index (χ2n) is 8.71. The van der Waals surface area contributed by atoms with Crippen LogP contribution in [0.5, 0.6) is 5.75 Å². The van der Waals surface area contributed by atoms with E-state index >= 15 is 0 Å². The minimum Gasteiger partial charge on any atom is -0.497 e. The number of nitrogens with one attached hydrogen (secondary N) is 2. The van der Waals surface area contributed by atoms with Crippen molar-refractivity contribution in [2.75, 3.05) is 32.1 Å². The molecule has 176 valence electrons. The van der Waals surface area contributed by atoms with Gasteiger partial charge in [-0.3, -0.25) is 9.69 Å². The number of aromatic amines is 1. The number of carbonyl (C=O) groups excluding carboxylic acids is 1. The summed E-state index contributed by atoms with van der Waals surface area (Å²) < 4.78 is 28.9. The molecule has 0 unspecified atom stereocenters. The monoisotopic (exact) mass is 470 g/mol. The number of aryl methyl sites for hydroxylation is 1. The van der Waals surface area contributed by atoms with Crippen LogP contribution in [0.2, 0.25) is 0 Å². The third-order valence-corrected chi connectivity index (χ3v) is 7.45. The number of methoxy groups -OCH3 is 1. The zero-order chi connectivity index (χ0) is 23.8. The fourth-order valence-electron chi connectivity index (χ4n) is 4.50. The van der Waals surface area contributed by atoms with Crippen LogP contribution in [0.25, 0.3) is 10.9 Å². The highest BCUT2D eigenvalue weighted by molar-refractivity contribution is 7.89. The van der Waals surface area contributed by atoms with Gasteiger partial charge in [0.2, 0.25) is 15.9 Å². The molecule has 0 radical (unpaired) electrons. The van der Waals surface area contributed by atoms with E-state index in [2.05, 4.69) is 27.5 Å². The average molecular weight is 471 g/mol. The van der Waals surface area contributed by atoms with Gasteiger partial charge in [0.05, 0.1) is 18.6 Å². The van der Waals surface area contributed by atoms with Gasteiger partial charge in [-0.15, -0.1) is 0 Å². The third-order valence-electron chi connectivity index (χ3n) is 6.56. The molecule has 1 aliphatic rings. The van der Waals surface area contributed by atoms with Gasteiger partial charge >= 0.3 is 0 Å². The first kappa shape index (κ1) is 23.3. The van der Waals surface area contributed by atoms with Crippen LogP contribution in [0.3, 0.4) is 0 Å². The predicted molar refractivity (Wildman–Crippen MR) is 129 cm³/mol. The number of aromatic nitrogens is 1. The predicted octanol–water partition coefficient (Wildman–Crippen LogP) is 3.26. The van der Waals surface area contributed by atoms with Gasteiger partial charge in [0, 0.05) is 22.8 Å². The summed E-state index contributed by atoms with van der Waals surface area (Å²) in [6.07, 6.45) is 3.99. The molecular weight excluding hydrogens is 440 g/mol. The molecule has 0 saturated carbocycles. The number of sulfonamides is 1. The number of H-pyrrole nitrogens is 1. The van der Waals surface area contributed by atoms with E-state index in [0.29, 0.717) is 11.6 Å². The molecule has 9 heteroatoms. The van der Waals surface area contributed by atoms with E-state index < -0.39 is 10.0 Å². The summed E-state index contributed by atoms with van der Waals surface area (Å²) in [5.74, 6) is 1.09. The maximum Gasteiger partial charge on any atom is 0.238 e. The van der Waals surface area contributed by atoms with Crippen LogP contribution in [0, 0.1) is 13.8 Å². The smallest absolute Gasteiger partial charge is 0.238 e. The van der Waals surface area contributed by atoms with Crippen LogP contribution in [-0.4, -0.2) is 51.0 Å². The Balaban J connectivity index is 1.39. The number of fused-ring (bicyclic) bond motifs is 1. The first-order valence-corrected chi connectivity index (χ1v) is 12.5. The number of benzene rings is 2. The van der Waals surface area contributed by atoms with Crippen molar-refractivity contribution < 1.29 is 17.9 Å². The van der Waals surface area contributed by atoms with E-state index in [1.165, 1.54) is 23.1 Å². The van der Waals surface area contributed by atoms with Crippen molar-refractivity contribution in [2.45, 2.75) is 37.5 Å². The Morgan fingerprint density at radius 3 is 2.61 bits per heavy atom. The Morgan fingerprint density at radius 2 is 1.94 bits per heavy atom. The highest BCUT2D eigenvalue weighted by atomic mass is 32.2. The van der Waals surface area contributed by atoms with Gasteiger partial charge in [-0.05, 0) is 92.7 Å². The average Bonchev–Trinajstić information content (AvgIpc) is 3.19. The summed E-state index contributed by atoms with van der Waals surface area (Å²) in [5.41, 5.74) is 4.45. The van der Waals surface area contributed by atoms with Crippen LogP contribution < -0.4 is 15.2 Å². The summed E-state index contributed by atoms with van der Waals surface area (Å²) in [4.78, 5) is 18.2. The van der Waals surface area contributed by atoms with Crippen LogP contribution in [0.4, 0.5) is 5.69 Å². The lowest BCUT2D eigenvalue weighted by atomic mass is 9.89. The molecule has 4 rings (SSSR count). The lowest BCUT2D eigenvalue weighted by Crippen LogP contribution is -2.38. The van der Waals surface area contributed by atoms with E-state index in [-0.39, 0.29) is 17.3 Å². The Bertz CT molecular complexity index is 1290. The highest BCUT2D eigenvalue weighted by Gasteiger charge is 2.24. The number of hydrogen-bond acceptors (Lipinski definition) is 5. The number of ether oxygens (including phenoxy) is 1. The molecule has 4 N–H and O–H groups in total.